The van der Waals surface area contributed by atoms with Gasteiger partial charge in [-0.05, 0) is 24.6 Å². The summed E-state index contributed by atoms with van der Waals surface area (Å²) in [4.78, 5) is 17.0. The molecule has 5 heteroatoms. The number of hydrogen-bond donors (Lipinski definition) is 0. The highest BCUT2D eigenvalue weighted by molar-refractivity contribution is 5.80. The summed E-state index contributed by atoms with van der Waals surface area (Å²) >= 11 is 0. The van der Waals surface area contributed by atoms with Crippen LogP contribution < -0.4 is 14.4 Å². The molecule has 0 aromatic heterocycles. The number of para-hydroxylation sites is 1. The van der Waals surface area contributed by atoms with Crippen molar-refractivity contribution in [2.24, 2.45) is 0 Å². The number of benzene rings is 2. The lowest BCUT2D eigenvalue weighted by Crippen LogP contribution is -2.49. The average Bonchev–Trinajstić information content (AvgIpc) is 2.68. The van der Waals surface area contributed by atoms with Crippen LogP contribution in [0.1, 0.15) is 11.1 Å². The molecule has 0 atom stereocenters. The lowest BCUT2D eigenvalue weighted by molar-refractivity contribution is -0.130. The van der Waals surface area contributed by atoms with Gasteiger partial charge in [0, 0.05) is 43.5 Å². The Labute approximate surface area is 155 Å². The van der Waals surface area contributed by atoms with E-state index in [9.17, 15) is 4.79 Å². The summed E-state index contributed by atoms with van der Waals surface area (Å²) < 4.78 is 10.6. The van der Waals surface area contributed by atoms with E-state index < -0.39 is 0 Å². The maximum atomic E-state index is 12.7. The number of carbonyl (C=O) groups excluding carboxylic acids is 1. The third-order valence-electron chi connectivity index (χ3n) is 4.92. The molecule has 1 aliphatic heterocycles. The van der Waals surface area contributed by atoms with E-state index in [1.54, 1.807) is 14.2 Å². The molecule has 26 heavy (non-hydrogen) atoms. The summed E-state index contributed by atoms with van der Waals surface area (Å²) in [5, 5.41) is 0. The number of anilines is 1. The maximum Gasteiger partial charge on any atom is 0.227 e. The number of amides is 1. The van der Waals surface area contributed by atoms with Crippen LogP contribution in [-0.4, -0.2) is 51.2 Å². The molecule has 2 aromatic rings. The van der Waals surface area contributed by atoms with Gasteiger partial charge in [0.2, 0.25) is 5.91 Å². The van der Waals surface area contributed by atoms with E-state index in [4.69, 9.17) is 9.47 Å². The molecule has 0 aliphatic carbocycles. The second-order valence-electron chi connectivity index (χ2n) is 6.51. The molecule has 1 fully saturated rings. The summed E-state index contributed by atoms with van der Waals surface area (Å²) in [6.45, 7) is 5.33. The van der Waals surface area contributed by atoms with Crippen LogP contribution in [0.5, 0.6) is 11.5 Å². The van der Waals surface area contributed by atoms with Crippen LogP contribution in [0.3, 0.4) is 0 Å². The van der Waals surface area contributed by atoms with Crippen molar-refractivity contribution in [2.75, 3.05) is 45.3 Å². The Kier molecular flexibility index (Phi) is 5.66. The predicted molar refractivity (Wildman–Crippen MR) is 103 cm³/mol. The number of rotatable bonds is 5. The highest BCUT2D eigenvalue weighted by Gasteiger charge is 2.23. The standard InChI is InChI=1S/C21H26N2O3/c1-16-6-4-5-7-19(16)22-10-12-23(13-11-22)21(24)14-17-8-9-18(25-2)15-20(17)26-3/h4-9,15H,10-14H2,1-3H3. The van der Waals surface area contributed by atoms with Crippen LogP contribution in [0.25, 0.3) is 0 Å². The first kappa shape index (κ1) is 18.1. The third kappa shape index (κ3) is 3.93. The SMILES string of the molecule is COc1ccc(CC(=O)N2CCN(c3ccccc3C)CC2)c(OC)c1. The van der Waals surface area contributed by atoms with E-state index >= 15 is 0 Å². The quantitative estimate of drug-likeness (QED) is 0.828. The van der Waals surface area contributed by atoms with Gasteiger partial charge in [-0.1, -0.05) is 24.3 Å². The van der Waals surface area contributed by atoms with Gasteiger partial charge in [0.1, 0.15) is 11.5 Å². The van der Waals surface area contributed by atoms with Gasteiger partial charge in [-0.2, -0.15) is 0 Å². The molecule has 5 nitrogen and oxygen atoms in total. The molecule has 1 aliphatic rings. The van der Waals surface area contributed by atoms with Crippen molar-refractivity contribution in [3.8, 4) is 11.5 Å². The number of hydrogen-bond acceptors (Lipinski definition) is 4. The molecule has 0 spiro atoms. The number of ether oxygens (including phenoxy) is 2. The fourth-order valence-corrected chi connectivity index (χ4v) is 3.39. The molecule has 0 unspecified atom stereocenters. The zero-order valence-electron chi connectivity index (χ0n) is 15.7. The molecule has 0 radical (unpaired) electrons. The van der Waals surface area contributed by atoms with Crippen LogP contribution in [-0.2, 0) is 11.2 Å². The second kappa shape index (κ2) is 8.13. The van der Waals surface area contributed by atoms with Gasteiger partial charge in [0.15, 0.2) is 0 Å². The van der Waals surface area contributed by atoms with Crippen molar-refractivity contribution in [1.29, 1.82) is 0 Å². The normalized spacial score (nSPS) is 14.3. The second-order valence-corrected chi connectivity index (χ2v) is 6.51. The van der Waals surface area contributed by atoms with Crippen molar-refractivity contribution in [1.82, 2.24) is 4.90 Å². The molecule has 2 aromatic carbocycles. The summed E-state index contributed by atoms with van der Waals surface area (Å²) in [6.07, 6.45) is 0.345. The van der Waals surface area contributed by atoms with Crippen LogP contribution in [0.15, 0.2) is 42.5 Å². The van der Waals surface area contributed by atoms with Crippen LogP contribution in [0.2, 0.25) is 0 Å². The Hall–Kier alpha value is -2.69. The fraction of sp³-hybridized carbons (Fsp3) is 0.381. The molecule has 0 N–H and O–H groups in total. The Morgan fingerprint density at radius 1 is 1.00 bits per heavy atom. The zero-order valence-corrected chi connectivity index (χ0v) is 15.7. The summed E-state index contributed by atoms with van der Waals surface area (Å²) in [7, 11) is 3.23. The van der Waals surface area contributed by atoms with E-state index in [0.717, 1.165) is 37.5 Å². The van der Waals surface area contributed by atoms with Gasteiger partial charge in [-0.15, -0.1) is 0 Å². The minimum absolute atomic E-state index is 0.137. The molecule has 0 saturated carbocycles. The summed E-state index contributed by atoms with van der Waals surface area (Å²) in [6, 6.07) is 14.0. The first-order valence-electron chi connectivity index (χ1n) is 8.91. The lowest BCUT2D eigenvalue weighted by atomic mass is 10.1. The Balaban J connectivity index is 1.61. The molecule has 0 bridgehead atoms. The van der Waals surface area contributed by atoms with E-state index in [0.29, 0.717) is 12.2 Å². The molecule has 1 heterocycles. The number of carbonyl (C=O) groups is 1. The Morgan fingerprint density at radius 3 is 2.38 bits per heavy atom. The number of piperazine rings is 1. The number of aryl methyl sites for hydroxylation is 1. The first-order chi connectivity index (χ1) is 12.6. The molecular formula is C21H26N2O3. The van der Waals surface area contributed by atoms with Crippen molar-refractivity contribution in [2.45, 2.75) is 13.3 Å². The smallest absolute Gasteiger partial charge is 0.227 e. The van der Waals surface area contributed by atoms with E-state index in [-0.39, 0.29) is 5.91 Å². The van der Waals surface area contributed by atoms with Crippen molar-refractivity contribution in [3.05, 3.63) is 53.6 Å². The van der Waals surface area contributed by atoms with Gasteiger partial charge in [0.25, 0.3) is 0 Å². The number of methoxy groups -OCH3 is 2. The molecular weight excluding hydrogens is 328 g/mol. The van der Waals surface area contributed by atoms with Crippen molar-refractivity contribution < 1.29 is 14.3 Å². The highest BCUT2D eigenvalue weighted by Crippen LogP contribution is 2.26. The fourth-order valence-electron chi connectivity index (χ4n) is 3.39. The monoisotopic (exact) mass is 354 g/mol. The molecule has 138 valence electrons. The zero-order chi connectivity index (χ0) is 18.5. The summed E-state index contributed by atoms with van der Waals surface area (Å²) in [5.41, 5.74) is 3.42. The molecule has 3 rings (SSSR count). The predicted octanol–water partition coefficient (Wildman–Crippen LogP) is 2.90. The van der Waals surface area contributed by atoms with Gasteiger partial charge < -0.3 is 19.3 Å². The maximum absolute atomic E-state index is 12.7. The Morgan fingerprint density at radius 2 is 1.73 bits per heavy atom. The van der Waals surface area contributed by atoms with Crippen molar-refractivity contribution in [3.63, 3.8) is 0 Å². The molecule has 1 amide bonds. The minimum Gasteiger partial charge on any atom is -0.497 e. The van der Waals surface area contributed by atoms with E-state index in [2.05, 4.69) is 36.1 Å². The average molecular weight is 354 g/mol. The topological polar surface area (TPSA) is 42.0 Å². The van der Waals surface area contributed by atoms with Crippen LogP contribution in [0.4, 0.5) is 5.69 Å². The lowest BCUT2D eigenvalue weighted by Gasteiger charge is -2.37. The third-order valence-corrected chi connectivity index (χ3v) is 4.92. The Bertz CT molecular complexity index is 768. The van der Waals surface area contributed by atoms with E-state index in [1.807, 2.05) is 23.1 Å². The van der Waals surface area contributed by atoms with Gasteiger partial charge in [-0.3, -0.25) is 4.79 Å². The van der Waals surface area contributed by atoms with Gasteiger partial charge in [-0.25, -0.2) is 0 Å². The van der Waals surface area contributed by atoms with Gasteiger partial charge in [0.05, 0.1) is 20.6 Å². The number of nitrogens with zero attached hydrogens (tertiary/aromatic N) is 2. The van der Waals surface area contributed by atoms with Gasteiger partial charge >= 0.3 is 0 Å². The van der Waals surface area contributed by atoms with Crippen LogP contribution >= 0.6 is 0 Å². The van der Waals surface area contributed by atoms with Crippen molar-refractivity contribution >= 4 is 11.6 Å². The molecule has 1 saturated heterocycles. The highest BCUT2D eigenvalue weighted by atomic mass is 16.5. The largest absolute Gasteiger partial charge is 0.497 e. The first-order valence-corrected chi connectivity index (χ1v) is 8.91. The van der Waals surface area contributed by atoms with Crippen LogP contribution in [0, 0.1) is 6.92 Å². The van der Waals surface area contributed by atoms with E-state index in [1.165, 1.54) is 11.3 Å². The summed E-state index contributed by atoms with van der Waals surface area (Å²) in [5.74, 6) is 1.55. The minimum atomic E-state index is 0.137.